The van der Waals surface area contributed by atoms with Crippen LogP contribution in [-0.4, -0.2) is 9.97 Å². The fraction of sp³-hybridized carbons (Fsp3) is 0.0800. The Balaban J connectivity index is 1.29. The number of benzene rings is 8. The minimum atomic E-state index is 0.789. The van der Waals surface area contributed by atoms with Crippen LogP contribution in [0.2, 0.25) is 0 Å². The van der Waals surface area contributed by atoms with Crippen molar-refractivity contribution in [1.29, 1.82) is 0 Å². The fourth-order valence-electron chi connectivity index (χ4n) is 8.69. The molecule has 0 saturated carbocycles. The Morgan fingerprint density at radius 1 is 0.389 bits per heavy atom. The maximum Gasteiger partial charge on any atom is 0.143 e. The van der Waals surface area contributed by atoms with E-state index in [4.69, 9.17) is 18.8 Å². The van der Waals surface area contributed by atoms with Crippen LogP contribution in [0.5, 0.6) is 0 Å². The van der Waals surface area contributed by atoms with E-state index in [1.54, 1.807) is 0 Å². The number of fused-ring (bicyclic) bond motifs is 12. The second-order valence-electron chi connectivity index (χ2n) is 14.9. The number of rotatable bonds is 3. The van der Waals surface area contributed by atoms with Crippen LogP contribution < -0.4 is 0 Å². The van der Waals surface area contributed by atoms with Gasteiger partial charge in [-0.05, 0) is 109 Å². The number of hydrogen-bond acceptors (Lipinski definition) is 4. The van der Waals surface area contributed by atoms with Crippen LogP contribution >= 0.6 is 0 Å². The fourth-order valence-corrected chi connectivity index (χ4v) is 8.69. The van der Waals surface area contributed by atoms with Crippen molar-refractivity contribution in [3.8, 4) is 33.5 Å². The Morgan fingerprint density at radius 3 is 1.41 bits per heavy atom. The first-order chi connectivity index (χ1) is 26.4. The molecule has 3 heterocycles. The van der Waals surface area contributed by atoms with Crippen molar-refractivity contribution in [2.75, 3.05) is 0 Å². The van der Waals surface area contributed by atoms with Crippen molar-refractivity contribution in [2.24, 2.45) is 0 Å². The van der Waals surface area contributed by atoms with Crippen molar-refractivity contribution in [3.05, 3.63) is 156 Å². The van der Waals surface area contributed by atoms with E-state index in [-0.39, 0.29) is 0 Å². The highest BCUT2D eigenvalue weighted by molar-refractivity contribution is 6.23. The maximum absolute atomic E-state index is 6.75. The second kappa shape index (κ2) is 11.4. The highest BCUT2D eigenvalue weighted by Gasteiger charge is 2.24. The van der Waals surface area contributed by atoms with Gasteiger partial charge in [0.15, 0.2) is 0 Å². The third kappa shape index (κ3) is 4.50. The van der Waals surface area contributed by atoms with E-state index in [0.717, 1.165) is 116 Å². The lowest BCUT2D eigenvalue weighted by molar-refractivity contribution is 0.669. The molecule has 0 atom stereocenters. The van der Waals surface area contributed by atoms with Gasteiger partial charge in [0.05, 0.1) is 22.9 Å². The summed E-state index contributed by atoms with van der Waals surface area (Å²) in [6, 6.07) is 45.4. The lowest BCUT2D eigenvalue weighted by Gasteiger charge is -2.18. The molecule has 0 N–H and O–H groups in total. The lowest BCUT2D eigenvalue weighted by atomic mass is 9.87. The highest BCUT2D eigenvalue weighted by atomic mass is 16.3. The lowest BCUT2D eigenvalue weighted by Crippen LogP contribution is -1.97. The van der Waals surface area contributed by atoms with Gasteiger partial charge in [-0.3, -0.25) is 4.98 Å². The summed E-state index contributed by atoms with van der Waals surface area (Å²) in [4.78, 5) is 10.8. The van der Waals surface area contributed by atoms with Gasteiger partial charge in [0, 0.05) is 49.0 Å². The summed E-state index contributed by atoms with van der Waals surface area (Å²) in [6.45, 7) is 8.58. The molecule has 0 spiro atoms. The van der Waals surface area contributed by atoms with Crippen LogP contribution in [0.15, 0.2) is 142 Å². The summed E-state index contributed by atoms with van der Waals surface area (Å²) in [5.41, 5.74) is 15.8. The van der Waals surface area contributed by atoms with Crippen LogP contribution in [0.3, 0.4) is 0 Å². The molecule has 8 aromatic carbocycles. The molecule has 0 bridgehead atoms. The number of aryl methyl sites for hydroxylation is 4. The smallest absolute Gasteiger partial charge is 0.143 e. The summed E-state index contributed by atoms with van der Waals surface area (Å²) in [6.07, 6.45) is 1.95. The van der Waals surface area contributed by atoms with E-state index in [1.165, 1.54) is 16.5 Å². The molecule has 0 saturated heterocycles. The minimum Gasteiger partial charge on any atom is -0.455 e. The third-order valence-corrected chi connectivity index (χ3v) is 11.1. The first kappa shape index (κ1) is 30.8. The molecule has 4 heteroatoms. The summed E-state index contributed by atoms with van der Waals surface area (Å²) in [5, 5.41) is 8.96. The van der Waals surface area contributed by atoms with Crippen LogP contribution in [0.25, 0.3) is 110 Å². The van der Waals surface area contributed by atoms with Gasteiger partial charge in [-0.1, -0.05) is 90.0 Å². The Hall–Kier alpha value is -6.78. The normalized spacial score (nSPS) is 12.1. The SMILES string of the molecule is Cc1ccc2oc3c(-c4cccc(-c5cc(C)cc6c5oc5ccc(C)cc56)c4-c4cnc5c6ccccc6c6ccccc6c5n4)cc(C)cc3c2c1. The second-order valence-corrected chi connectivity index (χ2v) is 14.9. The summed E-state index contributed by atoms with van der Waals surface area (Å²) >= 11 is 0. The molecule has 0 aliphatic rings. The van der Waals surface area contributed by atoms with Gasteiger partial charge in [0.25, 0.3) is 0 Å². The standard InChI is InChI=1S/C50H34N2O2/c1-27-16-18-44-37(20-27)41-24-29(3)22-39(49(41)53-44)33-14-9-15-34(40-23-30(4)25-42-38-21-28(2)17-19-45(38)54-50(40)42)46(33)43-26-51-47-35-12-7-5-10-31(35)32-11-6-8-13-36(32)48(47)52-43/h5-26H,1-4H3. The molecule has 54 heavy (non-hydrogen) atoms. The monoisotopic (exact) mass is 694 g/mol. The predicted octanol–water partition coefficient (Wildman–Crippen LogP) is 14.0. The van der Waals surface area contributed by atoms with Crippen LogP contribution in [-0.2, 0) is 0 Å². The average Bonchev–Trinajstić information content (AvgIpc) is 3.74. The highest BCUT2D eigenvalue weighted by Crippen LogP contribution is 2.47. The molecule has 0 unspecified atom stereocenters. The van der Waals surface area contributed by atoms with Gasteiger partial charge in [0.2, 0.25) is 0 Å². The van der Waals surface area contributed by atoms with Crippen molar-refractivity contribution < 1.29 is 8.83 Å². The van der Waals surface area contributed by atoms with Crippen LogP contribution in [0.4, 0.5) is 0 Å². The van der Waals surface area contributed by atoms with Gasteiger partial charge in [-0.15, -0.1) is 0 Å². The van der Waals surface area contributed by atoms with Gasteiger partial charge in [-0.2, -0.15) is 0 Å². The zero-order chi connectivity index (χ0) is 36.2. The Bertz CT molecular complexity index is 3200. The maximum atomic E-state index is 6.75. The summed E-state index contributed by atoms with van der Waals surface area (Å²) in [7, 11) is 0. The van der Waals surface area contributed by atoms with Gasteiger partial charge in [-0.25, -0.2) is 4.98 Å². The quantitative estimate of drug-likeness (QED) is 0.173. The molecule has 0 amide bonds. The zero-order valence-corrected chi connectivity index (χ0v) is 30.4. The summed E-state index contributed by atoms with van der Waals surface area (Å²) in [5.74, 6) is 0. The summed E-state index contributed by atoms with van der Waals surface area (Å²) < 4.78 is 13.5. The van der Waals surface area contributed by atoms with Gasteiger partial charge >= 0.3 is 0 Å². The number of aromatic nitrogens is 2. The molecule has 0 radical (unpaired) electrons. The largest absolute Gasteiger partial charge is 0.455 e. The zero-order valence-electron chi connectivity index (χ0n) is 30.4. The van der Waals surface area contributed by atoms with Crippen LogP contribution in [0.1, 0.15) is 22.3 Å². The molecule has 11 aromatic rings. The topological polar surface area (TPSA) is 52.1 Å². The van der Waals surface area contributed by atoms with Crippen molar-refractivity contribution in [2.45, 2.75) is 27.7 Å². The van der Waals surface area contributed by atoms with Crippen molar-refractivity contribution >= 4 is 76.5 Å². The molecular weight excluding hydrogens is 661 g/mol. The van der Waals surface area contributed by atoms with E-state index < -0.39 is 0 Å². The molecule has 3 aromatic heterocycles. The predicted molar refractivity (Wildman–Crippen MR) is 224 cm³/mol. The number of hydrogen-bond donors (Lipinski definition) is 0. The third-order valence-electron chi connectivity index (χ3n) is 11.1. The molecule has 256 valence electrons. The molecule has 11 rings (SSSR count). The minimum absolute atomic E-state index is 0.789. The van der Waals surface area contributed by atoms with Crippen molar-refractivity contribution in [3.63, 3.8) is 0 Å². The van der Waals surface area contributed by atoms with Gasteiger partial charge in [0.1, 0.15) is 22.3 Å². The first-order valence-electron chi connectivity index (χ1n) is 18.5. The van der Waals surface area contributed by atoms with E-state index >= 15 is 0 Å². The number of furan rings is 2. The van der Waals surface area contributed by atoms with E-state index in [9.17, 15) is 0 Å². The molecule has 0 aliphatic heterocycles. The van der Waals surface area contributed by atoms with E-state index in [1.807, 2.05) is 6.20 Å². The van der Waals surface area contributed by atoms with E-state index in [0.29, 0.717) is 0 Å². The molecule has 4 nitrogen and oxygen atoms in total. The molecular formula is C50H34N2O2. The van der Waals surface area contributed by atoms with Crippen molar-refractivity contribution in [1.82, 2.24) is 9.97 Å². The Kier molecular flexibility index (Phi) is 6.48. The average molecular weight is 695 g/mol. The molecule has 0 aliphatic carbocycles. The van der Waals surface area contributed by atoms with Gasteiger partial charge < -0.3 is 8.83 Å². The first-order valence-corrected chi connectivity index (χ1v) is 18.5. The van der Waals surface area contributed by atoms with Crippen LogP contribution in [0, 0.1) is 27.7 Å². The molecule has 0 fully saturated rings. The van der Waals surface area contributed by atoms with E-state index in [2.05, 4.69) is 155 Å². The Morgan fingerprint density at radius 2 is 0.870 bits per heavy atom. The number of nitrogens with zero attached hydrogens (tertiary/aromatic N) is 2. The Labute approximate surface area is 311 Å².